The van der Waals surface area contributed by atoms with Gasteiger partial charge < -0.3 is 15.7 Å². The molecule has 5 nitrogen and oxygen atoms in total. The van der Waals surface area contributed by atoms with Gasteiger partial charge in [0.05, 0.1) is 5.41 Å². The summed E-state index contributed by atoms with van der Waals surface area (Å²) in [6.45, 7) is 3.47. The van der Waals surface area contributed by atoms with Crippen LogP contribution in [0.1, 0.15) is 25.5 Å². The van der Waals surface area contributed by atoms with Crippen molar-refractivity contribution < 1.29 is 14.7 Å². The number of aliphatic hydroxyl groups excluding tert-OH is 1. The molecule has 1 aromatic rings. The number of aliphatic hydroxyl groups is 1. The molecule has 0 bridgehead atoms. The number of nitrogens with one attached hydrogen (secondary N) is 2. The molecule has 0 radical (unpaired) electrons. The molecule has 1 aromatic carbocycles. The highest BCUT2D eigenvalue weighted by Gasteiger charge is 2.28. The molecule has 116 valence electrons. The average Bonchev–Trinajstić information content (AvgIpc) is 2.41. The molecule has 0 aliphatic rings. The lowest BCUT2D eigenvalue weighted by Gasteiger charge is -2.23. The Morgan fingerprint density at radius 3 is 2.24 bits per heavy atom. The third kappa shape index (κ3) is 4.88. The van der Waals surface area contributed by atoms with Crippen molar-refractivity contribution in [1.29, 1.82) is 0 Å². The van der Waals surface area contributed by atoms with Gasteiger partial charge >= 0.3 is 0 Å². The molecule has 1 rings (SSSR count). The Morgan fingerprint density at radius 1 is 1.24 bits per heavy atom. The highest BCUT2D eigenvalue weighted by Crippen LogP contribution is 2.24. The molecule has 0 aliphatic carbocycles. The van der Waals surface area contributed by atoms with Crippen molar-refractivity contribution in [3.8, 4) is 0 Å². The summed E-state index contributed by atoms with van der Waals surface area (Å²) < 4.78 is 0. The van der Waals surface area contributed by atoms with Crippen LogP contribution in [-0.2, 0) is 9.59 Å². The molecule has 0 fully saturated rings. The normalized spacial score (nSPS) is 12.7. The number of hydrogen-bond donors (Lipinski definition) is 3. The van der Waals surface area contributed by atoms with E-state index in [9.17, 15) is 14.7 Å². The standard InChI is InChI=1S/C14H18Cl2N2O3/c1-14(2,13(21)17-3)7-18-12(20)11(19)8-4-9(15)6-10(16)5-8/h4-6,11,19H,7H2,1-3H3,(H,17,21)(H,18,20). The lowest BCUT2D eigenvalue weighted by atomic mass is 9.92. The van der Waals surface area contributed by atoms with Gasteiger partial charge in [0.15, 0.2) is 6.10 Å². The maximum atomic E-state index is 11.9. The predicted octanol–water partition coefficient (Wildman–Crippen LogP) is 1.92. The Morgan fingerprint density at radius 2 is 1.76 bits per heavy atom. The molecule has 0 aliphatic heterocycles. The van der Waals surface area contributed by atoms with Gasteiger partial charge in [0.2, 0.25) is 5.91 Å². The van der Waals surface area contributed by atoms with Crippen molar-refractivity contribution >= 4 is 35.0 Å². The van der Waals surface area contributed by atoms with Crippen LogP contribution in [0.5, 0.6) is 0 Å². The summed E-state index contributed by atoms with van der Waals surface area (Å²) in [5, 5.41) is 15.7. The van der Waals surface area contributed by atoms with Crippen LogP contribution in [0.3, 0.4) is 0 Å². The summed E-state index contributed by atoms with van der Waals surface area (Å²) >= 11 is 11.7. The van der Waals surface area contributed by atoms with Gasteiger partial charge in [-0.15, -0.1) is 0 Å². The van der Waals surface area contributed by atoms with Gasteiger partial charge in [-0.05, 0) is 37.6 Å². The highest BCUT2D eigenvalue weighted by molar-refractivity contribution is 6.34. The van der Waals surface area contributed by atoms with E-state index in [0.29, 0.717) is 15.6 Å². The average molecular weight is 333 g/mol. The molecule has 0 spiro atoms. The van der Waals surface area contributed by atoms with Crippen LogP contribution in [0.25, 0.3) is 0 Å². The van der Waals surface area contributed by atoms with E-state index in [1.807, 2.05) is 0 Å². The van der Waals surface area contributed by atoms with Crippen molar-refractivity contribution in [3.05, 3.63) is 33.8 Å². The fourth-order valence-electron chi connectivity index (χ4n) is 1.71. The Balaban J connectivity index is 2.73. The Labute approximate surface area is 133 Å². The van der Waals surface area contributed by atoms with Gasteiger partial charge in [-0.3, -0.25) is 9.59 Å². The molecule has 0 saturated carbocycles. The van der Waals surface area contributed by atoms with Gasteiger partial charge in [0.1, 0.15) is 0 Å². The minimum absolute atomic E-state index is 0.0941. The summed E-state index contributed by atoms with van der Waals surface area (Å²) in [7, 11) is 1.52. The van der Waals surface area contributed by atoms with Crippen LogP contribution in [0.15, 0.2) is 18.2 Å². The van der Waals surface area contributed by atoms with E-state index >= 15 is 0 Å². The van der Waals surface area contributed by atoms with Gasteiger partial charge in [0.25, 0.3) is 5.91 Å². The Bertz CT molecular complexity index is 527. The quantitative estimate of drug-likeness (QED) is 0.770. The topological polar surface area (TPSA) is 78.4 Å². The first-order chi connectivity index (χ1) is 9.67. The molecule has 7 heteroatoms. The molecular weight excluding hydrogens is 315 g/mol. The van der Waals surface area contributed by atoms with Gasteiger partial charge in [-0.2, -0.15) is 0 Å². The number of rotatable bonds is 5. The number of hydrogen-bond acceptors (Lipinski definition) is 3. The van der Waals surface area contributed by atoms with E-state index in [1.54, 1.807) is 13.8 Å². The molecule has 21 heavy (non-hydrogen) atoms. The second-order valence-corrected chi connectivity index (χ2v) is 6.16. The van der Waals surface area contributed by atoms with E-state index < -0.39 is 17.4 Å². The van der Waals surface area contributed by atoms with Crippen molar-refractivity contribution in [2.24, 2.45) is 5.41 Å². The maximum absolute atomic E-state index is 11.9. The number of carbonyl (C=O) groups excluding carboxylic acids is 2. The van der Waals surface area contributed by atoms with Crippen molar-refractivity contribution in [1.82, 2.24) is 10.6 Å². The lowest BCUT2D eigenvalue weighted by Crippen LogP contribution is -2.44. The Hall–Kier alpha value is -1.30. The highest BCUT2D eigenvalue weighted by atomic mass is 35.5. The lowest BCUT2D eigenvalue weighted by molar-refractivity contribution is -0.132. The fourth-order valence-corrected chi connectivity index (χ4v) is 2.25. The third-order valence-electron chi connectivity index (χ3n) is 3.00. The second-order valence-electron chi connectivity index (χ2n) is 5.29. The molecule has 0 saturated heterocycles. The van der Waals surface area contributed by atoms with E-state index in [1.165, 1.54) is 25.2 Å². The van der Waals surface area contributed by atoms with Gasteiger partial charge in [-0.25, -0.2) is 0 Å². The SMILES string of the molecule is CNC(=O)C(C)(C)CNC(=O)C(O)c1cc(Cl)cc(Cl)c1. The zero-order valence-electron chi connectivity index (χ0n) is 12.0. The van der Waals surface area contributed by atoms with E-state index in [-0.39, 0.29) is 12.5 Å². The fraction of sp³-hybridized carbons (Fsp3) is 0.429. The summed E-state index contributed by atoms with van der Waals surface area (Å²) in [6.07, 6.45) is -1.40. The molecular formula is C14H18Cl2N2O3. The summed E-state index contributed by atoms with van der Waals surface area (Å²) in [5.41, 5.74) is -0.487. The van der Waals surface area contributed by atoms with Crippen molar-refractivity contribution in [2.75, 3.05) is 13.6 Å². The number of benzene rings is 1. The van der Waals surface area contributed by atoms with E-state index in [0.717, 1.165) is 0 Å². The zero-order chi connectivity index (χ0) is 16.2. The second kappa shape index (κ2) is 7.11. The van der Waals surface area contributed by atoms with Crippen LogP contribution < -0.4 is 10.6 Å². The van der Waals surface area contributed by atoms with Crippen LogP contribution >= 0.6 is 23.2 Å². The summed E-state index contributed by atoms with van der Waals surface area (Å²) in [6, 6.07) is 4.43. The first-order valence-electron chi connectivity index (χ1n) is 6.31. The summed E-state index contributed by atoms with van der Waals surface area (Å²) in [4.78, 5) is 23.6. The van der Waals surface area contributed by atoms with Gasteiger partial charge in [-0.1, -0.05) is 23.2 Å². The van der Waals surface area contributed by atoms with Crippen molar-refractivity contribution in [2.45, 2.75) is 20.0 Å². The van der Waals surface area contributed by atoms with E-state index in [4.69, 9.17) is 23.2 Å². The minimum Gasteiger partial charge on any atom is -0.378 e. The smallest absolute Gasteiger partial charge is 0.253 e. The number of carbonyl (C=O) groups is 2. The zero-order valence-corrected chi connectivity index (χ0v) is 13.5. The minimum atomic E-state index is -1.40. The number of amides is 2. The van der Waals surface area contributed by atoms with Crippen LogP contribution in [0.4, 0.5) is 0 Å². The van der Waals surface area contributed by atoms with Crippen LogP contribution in [0.2, 0.25) is 10.0 Å². The summed E-state index contributed by atoms with van der Waals surface area (Å²) in [5.74, 6) is -0.826. The molecule has 2 amide bonds. The molecule has 1 unspecified atom stereocenters. The maximum Gasteiger partial charge on any atom is 0.253 e. The number of halogens is 2. The first kappa shape index (κ1) is 17.8. The monoisotopic (exact) mass is 332 g/mol. The van der Waals surface area contributed by atoms with Gasteiger partial charge in [0, 0.05) is 23.6 Å². The van der Waals surface area contributed by atoms with Crippen LogP contribution in [0, 0.1) is 5.41 Å². The molecule has 1 atom stereocenters. The Kier molecular flexibility index (Phi) is 6.01. The van der Waals surface area contributed by atoms with Crippen molar-refractivity contribution in [3.63, 3.8) is 0 Å². The molecule has 0 heterocycles. The first-order valence-corrected chi connectivity index (χ1v) is 7.07. The van der Waals surface area contributed by atoms with Crippen LogP contribution in [-0.4, -0.2) is 30.5 Å². The third-order valence-corrected chi connectivity index (χ3v) is 3.43. The predicted molar refractivity (Wildman–Crippen MR) is 82.3 cm³/mol. The van der Waals surface area contributed by atoms with E-state index in [2.05, 4.69) is 10.6 Å². The molecule has 0 aromatic heterocycles. The largest absolute Gasteiger partial charge is 0.378 e. The molecule has 3 N–H and O–H groups in total.